The van der Waals surface area contributed by atoms with Gasteiger partial charge in [0.2, 0.25) is 0 Å². The molecule has 1 rings (SSSR count). The minimum atomic E-state index is -6.05. The number of halogens is 3. The molecule has 0 fully saturated rings. The van der Waals surface area contributed by atoms with Gasteiger partial charge in [0, 0.05) is 12.1 Å². The Labute approximate surface area is 103 Å². The average Bonchev–Trinajstić information content (AvgIpc) is 2.27. The standard InChI is InChI=1S/C8H4F3NO6S/c9-8(10,11)19(16,17)18-7(13)5-1-3-6(4-2-5)12(14)15/h1-4H. The highest BCUT2D eigenvalue weighted by molar-refractivity contribution is 7.88. The van der Waals surface area contributed by atoms with Gasteiger partial charge in [0.15, 0.2) is 0 Å². The summed E-state index contributed by atoms with van der Waals surface area (Å²) in [6.07, 6.45) is 0. The third-order valence-corrected chi connectivity index (χ3v) is 2.72. The first kappa shape index (κ1) is 14.9. The molecule has 0 heterocycles. The van der Waals surface area contributed by atoms with Crippen LogP contribution >= 0.6 is 0 Å². The van der Waals surface area contributed by atoms with E-state index in [2.05, 4.69) is 4.18 Å². The van der Waals surface area contributed by atoms with E-state index in [1.807, 2.05) is 0 Å². The number of carbonyl (C=O) groups excluding carboxylic acids is 1. The minimum absolute atomic E-state index is 0.421. The van der Waals surface area contributed by atoms with Crippen molar-refractivity contribution >= 4 is 21.8 Å². The first-order valence-electron chi connectivity index (χ1n) is 4.34. The Balaban J connectivity index is 2.94. The van der Waals surface area contributed by atoms with Crippen LogP contribution in [-0.2, 0) is 14.3 Å². The average molecular weight is 299 g/mol. The van der Waals surface area contributed by atoms with E-state index in [-0.39, 0.29) is 0 Å². The Hall–Kier alpha value is -2.17. The molecule has 0 saturated heterocycles. The fourth-order valence-electron chi connectivity index (χ4n) is 0.914. The molecule has 0 saturated carbocycles. The number of nitro groups is 1. The number of hydrogen-bond acceptors (Lipinski definition) is 6. The smallest absolute Gasteiger partial charge is 0.335 e. The zero-order valence-corrected chi connectivity index (χ0v) is 9.56. The van der Waals surface area contributed by atoms with Crippen LogP contribution < -0.4 is 0 Å². The highest BCUT2D eigenvalue weighted by Gasteiger charge is 2.49. The van der Waals surface area contributed by atoms with Crippen LogP contribution in [0.5, 0.6) is 0 Å². The Morgan fingerprint density at radius 2 is 1.68 bits per heavy atom. The number of benzene rings is 1. The van der Waals surface area contributed by atoms with Crippen molar-refractivity contribution < 1.29 is 35.5 Å². The van der Waals surface area contributed by atoms with Crippen molar-refractivity contribution in [2.75, 3.05) is 0 Å². The van der Waals surface area contributed by atoms with Crippen LogP contribution in [0, 0.1) is 10.1 Å². The zero-order valence-electron chi connectivity index (χ0n) is 8.75. The molecule has 7 nitrogen and oxygen atoms in total. The lowest BCUT2D eigenvalue weighted by Crippen LogP contribution is -2.28. The number of carbonyl (C=O) groups is 1. The summed E-state index contributed by atoms with van der Waals surface area (Å²) in [5.74, 6) is -1.78. The molecule has 11 heteroatoms. The van der Waals surface area contributed by atoms with Gasteiger partial charge in [-0.05, 0) is 12.1 Å². The zero-order chi connectivity index (χ0) is 14.8. The fourth-order valence-corrected chi connectivity index (χ4v) is 1.30. The molecule has 0 radical (unpaired) electrons. The lowest BCUT2D eigenvalue weighted by molar-refractivity contribution is -0.384. The number of hydrogen-bond donors (Lipinski definition) is 0. The Morgan fingerprint density at radius 1 is 1.21 bits per heavy atom. The Kier molecular flexibility index (Phi) is 3.79. The molecule has 1 aromatic carbocycles. The molecule has 104 valence electrons. The van der Waals surface area contributed by atoms with Crippen molar-refractivity contribution in [3.8, 4) is 0 Å². The maximum absolute atomic E-state index is 11.9. The van der Waals surface area contributed by atoms with Gasteiger partial charge in [-0.25, -0.2) is 4.79 Å². The summed E-state index contributed by atoms with van der Waals surface area (Å²) in [7, 11) is -6.05. The fraction of sp³-hybridized carbons (Fsp3) is 0.125. The third kappa shape index (κ3) is 3.40. The molecule has 0 unspecified atom stereocenters. The normalized spacial score (nSPS) is 11.9. The van der Waals surface area contributed by atoms with Crippen LogP contribution in [0.4, 0.5) is 18.9 Å². The highest BCUT2D eigenvalue weighted by Crippen LogP contribution is 2.25. The molecule has 0 aliphatic rings. The molecule has 0 aromatic heterocycles. The molecular formula is C8H4F3NO6S. The van der Waals surface area contributed by atoms with Gasteiger partial charge in [0.1, 0.15) is 0 Å². The second-order valence-corrected chi connectivity index (χ2v) is 4.61. The predicted molar refractivity (Wildman–Crippen MR) is 53.5 cm³/mol. The van der Waals surface area contributed by atoms with E-state index < -0.39 is 37.8 Å². The predicted octanol–water partition coefficient (Wildman–Crippen LogP) is 1.60. The summed E-state index contributed by atoms with van der Waals surface area (Å²) in [6.45, 7) is 0. The van der Waals surface area contributed by atoms with Gasteiger partial charge in [-0.2, -0.15) is 21.6 Å². The van der Waals surface area contributed by atoms with Gasteiger partial charge in [0.25, 0.3) is 5.69 Å². The van der Waals surface area contributed by atoms with Gasteiger partial charge in [0.05, 0.1) is 10.5 Å². The van der Waals surface area contributed by atoms with E-state index in [1.165, 1.54) is 0 Å². The van der Waals surface area contributed by atoms with Crippen molar-refractivity contribution in [1.82, 2.24) is 0 Å². The third-order valence-electron chi connectivity index (χ3n) is 1.78. The number of nitrogens with zero attached hydrogens (tertiary/aromatic N) is 1. The van der Waals surface area contributed by atoms with Crippen LogP contribution in [-0.4, -0.2) is 24.8 Å². The van der Waals surface area contributed by atoms with E-state index in [4.69, 9.17) is 0 Å². The summed E-state index contributed by atoms with van der Waals surface area (Å²) >= 11 is 0. The van der Waals surface area contributed by atoms with Crippen molar-refractivity contribution in [2.24, 2.45) is 0 Å². The lowest BCUT2D eigenvalue weighted by Gasteiger charge is -2.07. The van der Waals surface area contributed by atoms with Gasteiger partial charge in [-0.3, -0.25) is 10.1 Å². The molecule has 0 N–H and O–H groups in total. The molecule has 0 aliphatic heterocycles. The maximum Gasteiger partial charge on any atom is 0.534 e. The number of nitro benzene ring substituents is 1. The molecule has 1 aromatic rings. The summed E-state index contributed by atoms with van der Waals surface area (Å²) in [5.41, 5.74) is -6.72. The summed E-state index contributed by atoms with van der Waals surface area (Å²) in [5, 5.41) is 10.3. The van der Waals surface area contributed by atoms with Crippen LogP contribution in [0.25, 0.3) is 0 Å². The highest BCUT2D eigenvalue weighted by atomic mass is 32.2. The summed E-state index contributed by atoms with van der Waals surface area (Å²) < 4.78 is 60.2. The number of rotatable bonds is 3. The molecule has 0 aliphatic carbocycles. The SMILES string of the molecule is O=C(OS(=O)(=O)C(F)(F)F)c1ccc([N+](=O)[O-])cc1. The van der Waals surface area contributed by atoms with E-state index in [1.54, 1.807) is 0 Å². The molecular weight excluding hydrogens is 295 g/mol. The topological polar surface area (TPSA) is 104 Å². The lowest BCUT2D eigenvalue weighted by atomic mass is 10.2. The quantitative estimate of drug-likeness (QED) is 0.363. The first-order valence-corrected chi connectivity index (χ1v) is 5.75. The maximum atomic E-state index is 11.9. The van der Waals surface area contributed by atoms with E-state index >= 15 is 0 Å². The van der Waals surface area contributed by atoms with Crippen LogP contribution in [0.2, 0.25) is 0 Å². The minimum Gasteiger partial charge on any atom is -0.335 e. The van der Waals surface area contributed by atoms with E-state index in [9.17, 15) is 36.5 Å². The number of non-ortho nitro benzene ring substituents is 1. The van der Waals surface area contributed by atoms with Gasteiger partial charge >= 0.3 is 21.6 Å². The Morgan fingerprint density at radius 3 is 2.05 bits per heavy atom. The monoisotopic (exact) mass is 299 g/mol. The van der Waals surface area contributed by atoms with Crippen molar-refractivity contribution in [2.45, 2.75) is 5.51 Å². The first-order chi connectivity index (χ1) is 8.54. The van der Waals surface area contributed by atoms with Crippen molar-refractivity contribution in [3.05, 3.63) is 39.9 Å². The number of alkyl halides is 3. The molecule has 19 heavy (non-hydrogen) atoms. The van der Waals surface area contributed by atoms with Gasteiger partial charge < -0.3 is 4.18 Å². The van der Waals surface area contributed by atoms with Gasteiger partial charge in [-0.1, -0.05) is 0 Å². The van der Waals surface area contributed by atoms with Crippen molar-refractivity contribution in [1.29, 1.82) is 0 Å². The van der Waals surface area contributed by atoms with Crippen molar-refractivity contribution in [3.63, 3.8) is 0 Å². The molecule has 0 atom stereocenters. The molecule has 0 spiro atoms. The molecule has 0 amide bonds. The summed E-state index contributed by atoms with van der Waals surface area (Å²) in [6, 6.07) is 3.17. The Bertz CT molecular complexity index is 606. The molecule has 0 bridgehead atoms. The van der Waals surface area contributed by atoms with Crippen LogP contribution in [0.1, 0.15) is 10.4 Å². The van der Waals surface area contributed by atoms with Crippen LogP contribution in [0.15, 0.2) is 24.3 Å². The second-order valence-electron chi connectivity index (χ2n) is 3.07. The second kappa shape index (κ2) is 4.84. The van der Waals surface area contributed by atoms with E-state index in [0.29, 0.717) is 0 Å². The van der Waals surface area contributed by atoms with Crippen LogP contribution in [0.3, 0.4) is 0 Å². The largest absolute Gasteiger partial charge is 0.534 e. The van der Waals surface area contributed by atoms with E-state index in [0.717, 1.165) is 24.3 Å². The summed E-state index contributed by atoms with van der Waals surface area (Å²) in [4.78, 5) is 20.6. The van der Waals surface area contributed by atoms with Gasteiger partial charge in [-0.15, -0.1) is 0 Å².